The van der Waals surface area contributed by atoms with Gasteiger partial charge in [-0.05, 0) is 37.6 Å². The second kappa shape index (κ2) is 11.3. The van der Waals surface area contributed by atoms with E-state index < -0.39 is 0 Å². The van der Waals surface area contributed by atoms with E-state index in [1.54, 1.807) is 15.9 Å². The predicted molar refractivity (Wildman–Crippen MR) is 148 cm³/mol. The molecule has 2 saturated heterocycles. The molecule has 0 saturated carbocycles. The summed E-state index contributed by atoms with van der Waals surface area (Å²) in [5.41, 5.74) is 4.09. The summed E-state index contributed by atoms with van der Waals surface area (Å²) >= 11 is 0. The normalized spacial score (nSPS) is 15.9. The lowest BCUT2D eigenvalue weighted by atomic mass is 10.1. The number of amides is 3. The molecule has 0 radical (unpaired) electrons. The third kappa shape index (κ3) is 5.95. The van der Waals surface area contributed by atoms with Crippen molar-refractivity contribution in [2.75, 3.05) is 74.6 Å². The Hall–Kier alpha value is -4.19. The molecule has 0 atom stereocenters. The Morgan fingerprint density at radius 1 is 0.974 bits per heavy atom. The molecule has 12 heteroatoms. The van der Waals surface area contributed by atoms with Gasteiger partial charge in [0.2, 0.25) is 17.8 Å². The Balaban J connectivity index is 1.32. The number of aryl methyl sites for hydroxylation is 2. The van der Waals surface area contributed by atoms with Crippen molar-refractivity contribution < 1.29 is 19.1 Å². The second-order valence-corrected chi connectivity index (χ2v) is 9.87. The fraction of sp³-hybridized carbons (Fsp3) is 0.444. The average molecular weight is 535 g/mol. The smallest absolute Gasteiger partial charge is 0.274 e. The van der Waals surface area contributed by atoms with Crippen molar-refractivity contribution in [3.8, 4) is 0 Å². The first-order chi connectivity index (χ1) is 18.8. The van der Waals surface area contributed by atoms with Gasteiger partial charge in [0.25, 0.3) is 5.91 Å². The SMILES string of the molecule is CC(=O)N1CCN(C(=O)CNc2cc(C(=O)Nc3ccc4[nH]c(C)c(C)c4c3)nc(N3CCOCC3)n2)CC1. The Morgan fingerprint density at radius 3 is 2.41 bits per heavy atom. The summed E-state index contributed by atoms with van der Waals surface area (Å²) in [7, 11) is 0. The maximum absolute atomic E-state index is 13.3. The highest BCUT2D eigenvalue weighted by atomic mass is 16.5. The highest BCUT2D eigenvalue weighted by molar-refractivity contribution is 6.04. The van der Waals surface area contributed by atoms with Crippen LogP contribution in [0.2, 0.25) is 0 Å². The van der Waals surface area contributed by atoms with Crippen molar-refractivity contribution in [3.05, 3.63) is 41.2 Å². The number of piperazine rings is 1. The van der Waals surface area contributed by atoms with Crippen LogP contribution in [0.5, 0.6) is 0 Å². The Bertz CT molecular complexity index is 1390. The van der Waals surface area contributed by atoms with Crippen molar-refractivity contribution in [2.45, 2.75) is 20.8 Å². The van der Waals surface area contributed by atoms with Gasteiger partial charge in [0.15, 0.2) is 0 Å². The number of rotatable bonds is 6. The van der Waals surface area contributed by atoms with Gasteiger partial charge in [0.05, 0.1) is 19.8 Å². The summed E-state index contributed by atoms with van der Waals surface area (Å²) in [5.74, 6) is 0.344. The standard InChI is InChI=1S/C27H34N8O4/c1-17-18(2)29-22-5-4-20(14-21(17)22)30-26(38)23-15-24(32-27(31-23)35-10-12-39-13-11-35)28-16-25(37)34-8-6-33(7-9-34)19(3)36/h4-5,14-15,29H,6-13,16H2,1-3H3,(H,30,38)(H,28,31,32). The molecule has 12 nitrogen and oxygen atoms in total. The molecule has 206 valence electrons. The first-order valence-corrected chi connectivity index (χ1v) is 13.2. The molecule has 1 aromatic carbocycles. The maximum atomic E-state index is 13.3. The summed E-state index contributed by atoms with van der Waals surface area (Å²) in [6, 6.07) is 7.30. The summed E-state index contributed by atoms with van der Waals surface area (Å²) in [6.07, 6.45) is 0. The summed E-state index contributed by atoms with van der Waals surface area (Å²) in [5, 5.41) is 7.08. The minimum absolute atomic E-state index is 0.0147. The van der Waals surface area contributed by atoms with Crippen LogP contribution >= 0.6 is 0 Å². The molecule has 2 aliphatic rings. The highest BCUT2D eigenvalue weighted by Crippen LogP contribution is 2.25. The lowest BCUT2D eigenvalue weighted by molar-refractivity contribution is -0.137. The molecule has 3 amide bonds. The van der Waals surface area contributed by atoms with Crippen LogP contribution in [-0.2, 0) is 14.3 Å². The van der Waals surface area contributed by atoms with E-state index in [-0.39, 0.29) is 30.0 Å². The minimum atomic E-state index is -0.370. The topological polar surface area (TPSA) is 136 Å². The average Bonchev–Trinajstić information content (AvgIpc) is 3.24. The van der Waals surface area contributed by atoms with Crippen molar-refractivity contribution in [1.29, 1.82) is 0 Å². The molecule has 2 fully saturated rings. The molecule has 0 aliphatic carbocycles. The second-order valence-electron chi connectivity index (χ2n) is 9.87. The molecule has 3 N–H and O–H groups in total. The molecule has 3 aromatic rings. The van der Waals surface area contributed by atoms with Crippen molar-refractivity contribution in [1.82, 2.24) is 24.8 Å². The summed E-state index contributed by atoms with van der Waals surface area (Å²) < 4.78 is 5.45. The van der Waals surface area contributed by atoms with E-state index >= 15 is 0 Å². The molecule has 2 aromatic heterocycles. The number of H-pyrrole nitrogens is 1. The third-order valence-electron chi connectivity index (χ3n) is 7.31. The van der Waals surface area contributed by atoms with Crippen LogP contribution in [0.15, 0.2) is 24.3 Å². The largest absolute Gasteiger partial charge is 0.378 e. The monoisotopic (exact) mass is 534 g/mol. The number of fused-ring (bicyclic) bond motifs is 1. The molecule has 0 spiro atoms. The van der Waals surface area contributed by atoms with Crippen LogP contribution < -0.4 is 15.5 Å². The van der Waals surface area contributed by atoms with E-state index in [2.05, 4.69) is 25.6 Å². The van der Waals surface area contributed by atoms with Gasteiger partial charge in [-0.1, -0.05) is 0 Å². The predicted octanol–water partition coefficient (Wildman–Crippen LogP) is 1.77. The number of hydrogen-bond donors (Lipinski definition) is 3. The summed E-state index contributed by atoms with van der Waals surface area (Å²) in [4.78, 5) is 55.6. The number of nitrogens with one attached hydrogen (secondary N) is 3. The van der Waals surface area contributed by atoms with Gasteiger partial charge < -0.3 is 35.1 Å². The number of hydrogen-bond acceptors (Lipinski definition) is 8. The van der Waals surface area contributed by atoms with Crippen molar-refractivity contribution in [2.24, 2.45) is 0 Å². The lowest BCUT2D eigenvalue weighted by Gasteiger charge is -2.34. The fourth-order valence-corrected chi connectivity index (χ4v) is 4.83. The van der Waals surface area contributed by atoms with E-state index in [0.29, 0.717) is 69.9 Å². The number of carbonyl (C=O) groups is 3. The quantitative estimate of drug-likeness (QED) is 0.435. The number of aromatic nitrogens is 3. The molecule has 5 rings (SSSR count). The summed E-state index contributed by atoms with van der Waals surface area (Å²) in [6.45, 7) is 9.93. The van der Waals surface area contributed by atoms with E-state index in [0.717, 1.165) is 22.2 Å². The zero-order chi connectivity index (χ0) is 27.5. The molecule has 0 bridgehead atoms. The Kier molecular flexibility index (Phi) is 7.64. The number of benzene rings is 1. The van der Waals surface area contributed by atoms with Gasteiger partial charge in [-0.2, -0.15) is 4.98 Å². The number of anilines is 3. The van der Waals surface area contributed by atoms with Gasteiger partial charge in [0.1, 0.15) is 11.5 Å². The maximum Gasteiger partial charge on any atom is 0.274 e. The van der Waals surface area contributed by atoms with Crippen LogP contribution in [0.4, 0.5) is 17.5 Å². The number of aromatic amines is 1. The Labute approximate surface area is 226 Å². The van der Waals surface area contributed by atoms with Crippen LogP contribution in [0.25, 0.3) is 10.9 Å². The van der Waals surface area contributed by atoms with Crippen LogP contribution in [-0.4, -0.2) is 102 Å². The first-order valence-electron chi connectivity index (χ1n) is 13.2. The third-order valence-corrected chi connectivity index (χ3v) is 7.31. The zero-order valence-corrected chi connectivity index (χ0v) is 22.5. The lowest BCUT2D eigenvalue weighted by Crippen LogP contribution is -2.51. The number of nitrogens with zero attached hydrogens (tertiary/aromatic N) is 5. The van der Waals surface area contributed by atoms with E-state index in [4.69, 9.17) is 4.74 Å². The van der Waals surface area contributed by atoms with Gasteiger partial charge >= 0.3 is 0 Å². The molecule has 39 heavy (non-hydrogen) atoms. The zero-order valence-electron chi connectivity index (χ0n) is 22.5. The van der Waals surface area contributed by atoms with Crippen molar-refractivity contribution in [3.63, 3.8) is 0 Å². The van der Waals surface area contributed by atoms with Crippen LogP contribution in [0, 0.1) is 13.8 Å². The highest BCUT2D eigenvalue weighted by Gasteiger charge is 2.23. The fourth-order valence-electron chi connectivity index (χ4n) is 4.83. The number of morpholine rings is 1. The first kappa shape index (κ1) is 26.4. The molecular weight excluding hydrogens is 500 g/mol. The van der Waals surface area contributed by atoms with E-state index in [1.807, 2.05) is 36.9 Å². The van der Waals surface area contributed by atoms with E-state index in [9.17, 15) is 14.4 Å². The van der Waals surface area contributed by atoms with Gasteiger partial charge in [0, 0.05) is 74.5 Å². The minimum Gasteiger partial charge on any atom is -0.378 e. The Morgan fingerprint density at radius 2 is 1.69 bits per heavy atom. The van der Waals surface area contributed by atoms with Crippen molar-refractivity contribution >= 4 is 46.1 Å². The van der Waals surface area contributed by atoms with Gasteiger partial charge in [-0.3, -0.25) is 14.4 Å². The molecule has 0 unspecified atom stereocenters. The van der Waals surface area contributed by atoms with Gasteiger partial charge in [-0.15, -0.1) is 0 Å². The van der Waals surface area contributed by atoms with Crippen LogP contribution in [0.1, 0.15) is 28.7 Å². The number of carbonyl (C=O) groups excluding carboxylic acids is 3. The van der Waals surface area contributed by atoms with Crippen LogP contribution in [0.3, 0.4) is 0 Å². The molecule has 2 aliphatic heterocycles. The number of ether oxygens (including phenoxy) is 1. The molecular formula is C27H34N8O4. The molecule has 4 heterocycles. The van der Waals surface area contributed by atoms with E-state index in [1.165, 1.54) is 6.92 Å². The van der Waals surface area contributed by atoms with Gasteiger partial charge in [-0.25, -0.2) is 4.98 Å².